The van der Waals surface area contributed by atoms with Crippen LogP contribution in [0.25, 0.3) is 0 Å². The quantitative estimate of drug-likeness (QED) is 0.603. The van der Waals surface area contributed by atoms with Crippen molar-refractivity contribution in [3.05, 3.63) is 89.5 Å². The first-order valence-corrected chi connectivity index (χ1v) is 9.66. The summed E-state index contributed by atoms with van der Waals surface area (Å²) in [5.74, 6) is 1.22. The maximum absolute atomic E-state index is 11.7. The van der Waals surface area contributed by atoms with Crippen molar-refractivity contribution < 1.29 is 9.53 Å². The fourth-order valence-electron chi connectivity index (χ4n) is 3.13. The number of hydrogen-bond acceptors (Lipinski definition) is 3. The summed E-state index contributed by atoms with van der Waals surface area (Å²) in [6.45, 7) is 0.576. The number of fused-ring (bicyclic) bond motifs is 1. The molecule has 0 aliphatic heterocycles. The van der Waals surface area contributed by atoms with Crippen LogP contribution in [0.4, 0.5) is 0 Å². The summed E-state index contributed by atoms with van der Waals surface area (Å²) >= 11 is 1.72. The summed E-state index contributed by atoms with van der Waals surface area (Å²) in [6.07, 6.45) is 2.15. The molecule has 130 valence electrons. The molecular formula is C23H20O2S. The Bertz CT molecular complexity index is 901. The topological polar surface area (TPSA) is 26.3 Å². The predicted molar refractivity (Wildman–Crippen MR) is 105 cm³/mol. The fourth-order valence-corrected chi connectivity index (χ4v) is 4.01. The molecule has 0 fully saturated rings. The van der Waals surface area contributed by atoms with Crippen molar-refractivity contribution >= 4 is 17.5 Å². The zero-order valence-corrected chi connectivity index (χ0v) is 15.3. The zero-order chi connectivity index (χ0) is 17.8. The minimum atomic E-state index is 0.347. The number of rotatable bonds is 5. The Kier molecular flexibility index (Phi) is 5.07. The summed E-state index contributed by atoms with van der Waals surface area (Å²) in [5.41, 5.74) is 3.67. The fraction of sp³-hybridized carbons (Fsp3) is 0.174. The molecule has 0 saturated heterocycles. The Labute approximate surface area is 158 Å². The van der Waals surface area contributed by atoms with Crippen LogP contribution in [0.1, 0.15) is 23.1 Å². The highest BCUT2D eigenvalue weighted by Crippen LogP contribution is 2.32. The Balaban J connectivity index is 1.40. The molecule has 0 bridgehead atoms. The number of ether oxygens (including phenoxy) is 1. The Morgan fingerprint density at radius 3 is 2.38 bits per heavy atom. The molecule has 0 N–H and O–H groups in total. The van der Waals surface area contributed by atoms with E-state index in [0.717, 1.165) is 17.7 Å². The molecule has 3 heteroatoms. The highest BCUT2D eigenvalue weighted by molar-refractivity contribution is 7.99. The molecule has 1 aliphatic rings. The average Bonchev–Trinajstić information content (AvgIpc) is 2.68. The molecule has 0 unspecified atom stereocenters. The summed E-state index contributed by atoms with van der Waals surface area (Å²) in [6, 6.07) is 24.8. The molecule has 0 radical (unpaired) electrons. The van der Waals surface area contributed by atoms with Crippen LogP contribution in [0.5, 0.6) is 5.75 Å². The predicted octanol–water partition coefficient (Wildman–Crippen LogP) is 5.47. The van der Waals surface area contributed by atoms with Gasteiger partial charge in [-0.15, -0.1) is 0 Å². The third kappa shape index (κ3) is 4.17. The van der Waals surface area contributed by atoms with Gasteiger partial charge in [-0.2, -0.15) is 0 Å². The normalized spacial score (nSPS) is 13.3. The lowest BCUT2D eigenvalue weighted by molar-refractivity contribution is -0.118. The smallest absolute Gasteiger partial charge is 0.137 e. The Hall–Kier alpha value is -2.52. The molecule has 1 aliphatic carbocycles. The Morgan fingerprint density at radius 1 is 0.808 bits per heavy atom. The number of aryl methyl sites for hydroxylation is 1. The van der Waals surface area contributed by atoms with E-state index in [1.54, 1.807) is 11.8 Å². The maximum Gasteiger partial charge on any atom is 0.137 e. The molecule has 3 aromatic carbocycles. The van der Waals surface area contributed by atoms with Crippen LogP contribution in [0, 0.1) is 0 Å². The number of Topliss-reactive ketones (excluding diaryl/α,β-unsaturated/α-hetero) is 1. The third-order valence-electron chi connectivity index (χ3n) is 4.55. The van der Waals surface area contributed by atoms with Gasteiger partial charge >= 0.3 is 0 Å². The number of ketones is 1. The van der Waals surface area contributed by atoms with Gasteiger partial charge in [0.05, 0.1) is 0 Å². The van der Waals surface area contributed by atoms with Crippen LogP contribution >= 0.6 is 11.8 Å². The molecule has 0 amide bonds. The van der Waals surface area contributed by atoms with Gasteiger partial charge in [0.25, 0.3) is 0 Å². The van der Waals surface area contributed by atoms with Crippen molar-refractivity contribution in [1.82, 2.24) is 0 Å². The molecule has 0 aromatic heterocycles. The van der Waals surface area contributed by atoms with Crippen LogP contribution in [0.2, 0.25) is 0 Å². The van der Waals surface area contributed by atoms with Crippen molar-refractivity contribution in [2.45, 2.75) is 35.7 Å². The largest absolute Gasteiger partial charge is 0.489 e. The first-order valence-electron chi connectivity index (χ1n) is 8.84. The van der Waals surface area contributed by atoms with Gasteiger partial charge in [-0.1, -0.05) is 48.2 Å². The standard InChI is InChI=1S/C23H20O2S/c24-20-8-6-18-7-11-23(15-19(18)14-20)26-22-12-9-21(10-13-22)25-16-17-4-2-1-3-5-17/h1-5,7,9-13,15H,6,8,14,16H2. The van der Waals surface area contributed by atoms with Gasteiger partial charge in [0, 0.05) is 22.6 Å². The van der Waals surface area contributed by atoms with E-state index < -0.39 is 0 Å². The molecule has 4 rings (SSSR count). The maximum atomic E-state index is 11.7. The van der Waals surface area contributed by atoms with Gasteiger partial charge in [-0.05, 0) is 59.5 Å². The van der Waals surface area contributed by atoms with Gasteiger partial charge in [-0.25, -0.2) is 0 Å². The van der Waals surface area contributed by atoms with E-state index in [4.69, 9.17) is 4.74 Å². The van der Waals surface area contributed by atoms with Crippen molar-refractivity contribution in [3.8, 4) is 5.75 Å². The second-order valence-corrected chi connectivity index (χ2v) is 7.64. The van der Waals surface area contributed by atoms with Gasteiger partial charge < -0.3 is 4.74 Å². The van der Waals surface area contributed by atoms with Crippen LogP contribution < -0.4 is 4.74 Å². The van der Waals surface area contributed by atoms with Gasteiger partial charge in [0.1, 0.15) is 18.1 Å². The van der Waals surface area contributed by atoms with Gasteiger partial charge in [0.15, 0.2) is 0 Å². The second kappa shape index (κ2) is 7.79. The van der Waals surface area contributed by atoms with E-state index in [-0.39, 0.29) is 0 Å². The first kappa shape index (κ1) is 16.9. The summed E-state index contributed by atoms with van der Waals surface area (Å²) < 4.78 is 5.84. The second-order valence-electron chi connectivity index (χ2n) is 6.49. The molecule has 0 atom stereocenters. The lowest BCUT2D eigenvalue weighted by Crippen LogP contribution is -2.12. The van der Waals surface area contributed by atoms with Crippen molar-refractivity contribution in [2.24, 2.45) is 0 Å². The molecule has 0 heterocycles. The highest BCUT2D eigenvalue weighted by Gasteiger charge is 2.15. The number of hydrogen-bond donors (Lipinski definition) is 0. The lowest BCUT2D eigenvalue weighted by atomic mass is 9.91. The van der Waals surface area contributed by atoms with Crippen LogP contribution in [-0.2, 0) is 24.2 Å². The Morgan fingerprint density at radius 2 is 1.58 bits per heavy atom. The molecular weight excluding hydrogens is 340 g/mol. The monoisotopic (exact) mass is 360 g/mol. The van der Waals surface area contributed by atoms with Crippen molar-refractivity contribution in [3.63, 3.8) is 0 Å². The summed E-state index contributed by atoms with van der Waals surface area (Å²) in [5, 5.41) is 0. The minimum Gasteiger partial charge on any atom is -0.489 e. The van der Waals surface area contributed by atoms with E-state index in [2.05, 4.69) is 42.5 Å². The number of carbonyl (C=O) groups is 1. The van der Waals surface area contributed by atoms with Crippen LogP contribution in [-0.4, -0.2) is 5.78 Å². The molecule has 0 saturated carbocycles. The van der Waals surface area contributed by atoms with Gasteiger partial charge in [-0.3, -0.25) is 4.79 Å². The van der Waals surface area contributed by atoms with E-state index in [1.807, 2.05) is 30.3 Å². The zero-order valence-electron chi connectivity index (χ0n) is 14.5. The average molecular weight is 360 g/mol. The minimum absolute atomic E-state index is 0.347. The van der Waals surface area contributed by atoms with E-state index in [1.165, 1.54) is 20.9 Å². The van der Waals surface area contributed by atoms with Crippen LogP contribution in [0.3, 0.4) is 0 Å². The van der Waals surface area contributed by atoms with Crippen molar-refractivity contribution in [1.29, 1.82) is 0 Å². The van der Waals surface area contributed by atoms with Gasteiger partial charge in [0.2, 0.25) is 0 Å². The first-order chi connectivity index (χ1) is 12.8. The van der Waals surface area contributed by atoms with E-state index in [9.17, 15) is 4.79 Å². The van der Waals surface area contributed by atoms with E-state index in [0.29, 0.717) is 25.2 Å². The summed E-state index contributed by atoms with van der Waals surface area (Å²) in [7, 11) is 0. The number of carbonyl (C=O) groups excluding carboxylic acids is 1. The lowest BCUT2D eigenvalue weighted by Gasteiger charge is -2.15. The molecule has 3 aromatic rings. The summed E-state index contributed by atoms with van der Waals surface area (Å²) in [4.78, 5) is 14.0. The molecule has 0 spiro atoms. The SMILES string of the molecule is O=C1CCc2ccc(Sc3ccc(OCc4ccccc4)cc3)cc2C1. The van der Waals surface area contributed by atoms with Crippen LogP contribution in [0.15, 0.2) is 82.6 Å². The highest BCUT2D eigenvalue weighted by atomic mass is 32.2. The van der Waals surface area contributed by atoms with E-state index >= 15 is 0 Å². The van der Waals surface area contributed by atoms with Crippen molar-refractivity contribution in [2.75, 3.05) is 0 Å². The number of benzene rings is 3. The third-order valence-corrected chi connectivity index (χ3v) is 5.54. The molecule has 2 nitrogen and oxygen atoms in total. The molecule has 26 heavy (non-hydrogen) atoms.